The molecule has 1 rings (SSSR count). The van der Waals surface area contributed by atoms with Crippen LogP contribution in [0, 0.1) is 5.95 Å². The minimum atomic E-state index is -0.556. The first-order valence-corrected chi connectivity index (χ1v) is 3.51. The zero-order valence-electron chi connectivity index (χ0n) is 4.94. The maximum atomic E-state index is 12.5. The van der Waals surface area contributed by atoms with Crippen molar-refractivity contribution in [3.8, 4) is 0 Å². The second-order valence-electron chi connectivity index (χ2n) is 1.74. The highest BCUT2D eigenvalue weighted by Crippen LogP contribution is 2.13. The summed E-state index contributed by atoms with van der Waals surface area (Å²) in [6.45, 7) is 0. The Kier molecular flexibility index (Phi) is 2.46. The highest BCUT2D eigenvalue weighted by Gasteiger charge is 2.01. The van der Waals surface area contributed by atoms with Gasteiger partial charge >= 0.3 is 0 Å². The molecule has 1 heterocycles. The van der Waals surface area contributed by atoms with Gasteiger partial charge in [0.15, 0.2) is 0 Å². The van der Waals surface area contributed by atoms with Crippen molar-refractivity contribution in [2.45, 2.75) is 5.88 Å². The van der Waals surface area contributed by atoms with E-state index in [9.17, 15) is 4.39 Å². The first-order valence-electron chi connectivity index (χ1n) is 2.60. The van der Waals surface area contributed by atoms with E-state index in [1.165, 1.54) is 12.3 Å². The Morgan fingerprint density at radius 3 is 2.80 bits per heavy atom. The monoisotopic (exact) mass is 179 g/mol. The Labute approximate surface area is 67.8 Å². The summed E-state index contributed by atoms with van der Waals surface area (Å²) >= 11 is 10.9. The van der Waals surface area contributed by atoms with E-state index in [2.05, 4.69) is 4.98 Å². The molecule has 0 N–H and O–H groups in total. The standard InChI is InChI=1S/C6H4Cl2FN/c7-2-4-1-5(8)3-10-6(4)9/h1,3H,2H2. The van der Waals surface area contributed by atoms with Gasteiger partial charge in [0.05, 0.1) is 10.9 Å². The molecule has 0 aromatic carbocycles. The molecule has 54 valence electrons. The number of pyridine rings is 1. The van der Waals surface area contributed by atoms with Gasteiger partial charge in [-0.3, -0.25) is 0 Å². The minimum Gasteiger partial charge on any atom is -0.226 e. The van der Waals surface area contributed by atoms with Crippen LogP contribution in [0.2, 0.25) is 5.02 Å². The lowest BCUT2D eigenvalue weighted by Crippen LogP contribution is -1.89. The lowest BCUT2D eigenvalue weighted by molar-refractivity contribution is 0.573. The first kappa shape index (κ1) is 7.76. The van der Waals surface area contributed by atoms with E-state index in [4.69, 9.17) is 23.2 Å². The molecule has 0 spiro atoms. The van der Waals surface area contributed by atoms with Gasteiger partial charge in [-0.05, 0) is 6.07 Å². The predicted octanol–water partition coefficient (Wildman–Crippen LogP) is 2.61. The van der Waals surface area contributed by atoms with Crippen LogP contribution in [0.15, 0.2) is 12.3 Å². The van der Waals surface area contributed by atoms with E-state index in [0.29, 0.717) is 10.6 Å². The van der Waals surface area contributed by atoms with Crippen molar-refractivity contribution in [1.29, 1.82) is 0 Å². The summed E-state index contributed by atoms with van der Waals surface area (Å²) in [6, 6.07) is 1.46. The van der Waals surface area contributed by atoms with Crippen LogP contribution in [0.4, 0.5) is 4.39 Å². The van der Waals surface area contributed by atoms with E-state index < -0.39 is 5.95 Å². The number of aromatic nitrogens is 1. The van der Waals surface area contributed by atoms with Crippen LogP contribution in [0.1, 0.15) is 5.56 Å². The van der Waals surface area contributed by atoms with Crippen LogP contribution < -0.4 is 0 Å². The van der Waals surface area contributed by atoms with E-state index in [1.54, 1.807) is 0 Å². The third-order valence-electron chi connectivity index (χ3n) is 1.02. The maximum absolute atomic E-state index is 12.5. The highest BCUT2D eigenvalue weighted by molar-refractivity contribution is 6.30. The molecule has 0 aliphatic rings. The fourth-order valence-electron chi connectivity index (χ4n) is 0.558. The van der Waals surface area contributed by atoms with Crippen LogP contribution in [-0.4, -0.2) is 4.98 Å². The summed E-state index contributed by atoms with van der Waals surface area (Å²) < 4.78 is 12.5. The summed E-state index contributed by atoms with van der Waals surface area (Å²) in [6.07, 6.45) is 1.24. The smallest absolute Gasteiger partial charge is 0.217 e. The average Bonchev–Trinajstić information content (AvgIpc) is 1.94. The van der Waals surface area contributed by atoms with Crippen molar-refractivity contribution in [2.75, 3.05) is 0 Å². The van der Waals surface area contributed by atoms with Gasteiger partial charge in [0.25, 0.3) is 0 Å². The number of hydrogen-bond acceptors (Lipinski definition) is 1. The van der Waals surface area contributed by atoms with Gasteiger partial charge < -0.3 is 0 Å². The number of halogens is 3. The summed E-state index contributed by atoms with van der Waals surface area (Å²) in [4.78, 5) is 3.37. The molecule has 0 saturated heterocycles. The van der Waals surface area contributed by atoms with Gasteiger partial charge in [-0.25, -0.2) is 4.98 Å². The third-order valence-corrected chi connectivity index (χ3v) is 1.52. The fourth-order valence-corrected chi connectivity index (χ4v) is 0.926. The molecule has 1 nitrogen and oxygen atoms in total. The van der Waals surface area contributed by atoms with Crippen LogP contribution in [0.25, 0.3) is 0 Å². The number of rotatable bonds is 1. The predicted molar refractivity (Wildman–Crippen MR) is 38.8 cm³/mol. The molecular weight excluding hydrogens is 176 g/mol. The second-order valence-corrected chi connectivity index (χ2v) is 2.44. The third kappa shape index (κ3) is 1.58. The second kappa shape index (κ2) is 3.17. The van der Waals surface area contributed by atoms with Gasteiger partial charge in [-0.2, -0.15) is 4.39 Å². The Balaban J connectivity index is 3.09. The number of alkyl halides is 1. The molecule has 0 saturated carbocycles. The highest BCUT2D eigenvalue weighted by atomic mass is 35.5. The summed E-state index contributed by atoms with van der Waals surface area (Å²) in [5.74, 6) is -0.459. The molecular formula is C6H4Cl2FN. The van der Waals surface area contributed by atoms with Gasteiger partial charge in [-0.1, -0.05) is 11.6 Å². The van der Waals surface area contributed by atoms with Gasteiger partial charge in [0.1, 0.15) is 0 Å². The molecule has 0 aliphatic heterocycles. The Morgan fingerprint density at radius 1 is 1.60 bits per heavy atom. The van der Waals surface area contributed by atoms with Crippen molar-refractivity contribution in [3.05, 3.63) is 28.8 Å². The lowest BCUT2D eigenvalue weighted by atomic mass is 10.3. The SMILES string of the molecule is Fc1ncc(Cl)cc1CCl. The van der Waals surface area contributed by atoms with Crippen molar-refractivity contribution in [2.24, 2.45) is 0 Å². The lowest BCUT2D eigenvalue weighted by Gasteiger charge is -1.95. The molecule has 0 atom stereocenters. The van der Waals surface area contributed by atoms with Crippen LogP contribution in [0.5, 0.6) is 0 Å². The summed E-state index contributed by atoms with van der Waals surface area (Å²) in [7, 11) is 0. The van der Waals surface area contributed by atoms with E-state index >= 15 is 0 Å². The van der Waals surface area contributed by atoms with Crippen molar-refractivity contribution in [1.82, 2.24) is 4.98 Å². The van der Waals surface area contributed by atoms with Crippen LogP contribution >= 0.6 is 23.2 Å². The van der Waals surface area contributed by atoms with Crippen molar-refractivity contribution >= 4 is 23.2 Å². The largest absolute Gasteiger partial charge is 0.226 e. The van der Waals surface area contributed by atoms with Crippen molar-refractivity contribution in [3.63, 3.8) is 0 Å². The topological polar surface area (TPSA) is 12.9 Å². The molecule has 0 aliphatic carbocycles. The van der Waals surface area contributed by atoms with Crippen molar-refractivity contribution < 1.29 is 4.39 Å². The van der Waals surface area contributed by atoms with E-state index in [-0.39, 0.29) is 5.88 Å². The number of nitrogens with zero attached hydrogens (tertiary/aromatic N) is 1. The molecule has 1 aromatic rings. The molecule has 4 heteroatoms. The number of hydrogen-bond donors (Lipinski definition) is 0. The Bertz CT molecular complexity index is 239. The molecule has 1 aromatic heterocycles. The first-order chi connectivity index (χ1) is 4.74. The van der Waals surface area contributed by atoms with Gasteiger partial charge in [0, 0.05) is 11.8 Å². The molecule has 0 fully saturated rings. The van der Waals surface area contributed by atoms with E-state index in [0.717, 1.165) is 0 Å². The quantitative estimate of drug-likeness (QED) is 0.478. The van der Waals surface area contributed by atoms with E-state index in [1.807, 2.05) is 0 Å². The zero-order valence-corrected chi connectivity index (χ0v) is 6.45. The molecule has 0 unspecified atom stereocenters. The molecule has 0 amide bonds. The minimum absolute atomic E-state index is 0.0966. The van der Waals surface area contributed by atoms with Gasteiger partial charge in [0.2, 0.25) is 5.95 Å². The van der Waals surface area contributed by atoms with Crippen LogP contribution in [-0.2, 0) is 5.88 Å². The Hall–Kier alpha value is -0.340. The normalized spacial score (nSPS) is 9.90. The fraction of sp³-hybridized carbons (Fsp3) is 0.167. The maximum Gasteiger partial charge on any atom is 0.217 e. The average molecular weight is 180 g/mol. The summed E-state index contributed by atoms with van der Waals surface area (Å²) in [5.41, 5.74) is 0.328. The molecule has 0 radical (unpaired) electrons. The van der Waals surface area contributed by atoms with Crippen LogP contribution in [0.3, 0.4) is 0 Å². The zero-order chi connectivity index (χ0) is 7.56. The molecule has 0 bridgehead atoms. The van der Waals surface area contributed by atoms with Gasteiger partial charge in [-0.15, -0.1) is 11.6 Å². The molecule has 10 heavy (non-hydrogen) atoms. The Morgan fingerprint density at radius 2 is 2.30 bits per heavy atom. The summed E-state index contributed by atoms with van der Waals surface area (Å²) in [5, 5.41) is 0.400.